The Balaban J connectivity index is 2.72. The molecule has 2 amide bonds. The SMILES string of the molecule is C[C@H](N)C(=O)N1C[C@H](O)C[C@H]1C(=O)N[C@@H](CCCCN)C(=O)O. The summed E-state index contributed by atoms with van der Waals surface area (Å²) in [5.74, 6) is -2.17. The van der Waals surface area contributed by atoms with Crippen LogP contribution in [0.15, 0.2) is 0 Å². The Labute approximate surface area is 135 Å². The summed E-state index contributed by atoms with van der Waals surface area (Å²) < 4.78 is 0. The highest BCUT2D eigenvalue weighted by Crippen LogP contribution is 2.19. The fraction of sp³-hybridized carbons (Fsp3) is 0.786. The van der Waals surface area contributed by atoms with Gasteiger partial charge in [-0.25, -0.2) is 4.79 Å². The molecule has 7 N–H and O–H groups in total. The van der Waals surface area contributed by atoms with Crippen LogP contribution >= 0.6 is 0 Å². The first-order chi connectivity index (χ1) is 10.8. The summed E-state index contributed by atoms with van der Waals surface area (Å²) in [6.45, 7) is 1.96. The van der Waals surface area contributed by atoms with Gasteiger partial charge in [-0.3, -0.25) is 9.59 Å². The second-order valence-electron chi connectivity index (χ2n) is 5.87. The molecule has 0 aromatic rings. The molecule has 9 heteroatoms. The molecule has 0 aromatic carbocycles. The number of hydrogen-bond acceptors (Lipinski definition) is 6. The number of nitrogens with zero attached hydrogens (tertiary/aromatic N) is 1. The first kappa shape index (κ1) is 19.3. The third kappa shape index (κ3) is 5.45. The van der Waals surface area contributed by atoms with Crippen molar-refractivity contribution in [1.29, 1.82) is 0 Å². The molecule has 1 aliphatic rings. The zero-order chi connectivity index (χ0) is 17.6. The van der Waals surface area contributed by atoms with Crippen molar-refractivity contribution in [1.82, 2.24) is 10.2 Å². The topological polar surface area (TPSA) is 159 Å². The largest absolute Gasteiger partial charge is 0.480 e. The summed E-state index contributed by atoms with van der Waals surface area (Å²) in [6, 6.07) is -2.74. The zero-order valence-electron chi connectivity index (χ0n) is 13.3. The number of unbranched alkanes of at least 4 members (excludes halogenated alkanes) is 1. The number of likely N-dealkylation sites (tertiary alicyclic amines) is 1. The fourth-order valence-corrected chi connectivity index (χ4v) is 2.59. The third-order valence-corrected chi connectivity index (χ3v) is 3.82. The number of β-amino-alcohol motifs (C(OH)–C–C–N with tert-alkyl or cyclic N) is 1. The van der Waals surface area contributed by atoms with Crippen LogP contribution in [0, 0.1) is 0 Å². The lowest BCUT2D eigenvalue weighted by molar-refractivity contribution is -0.144. The Morgan fingerprint density at radius 3 is 2.52 bits per heavy atom. The Bertz CT molecular complexity index is 443. The van der Waals surface area contributed by atoms with E-state index in [1.54, 1.807) is 0 Å². The minimum atomic E-state index is -1.14. The van der Waals surface area contributed by atoms with Gasteiger partial charge in [-0.05, 0) is 32.7 Å². The molecule has 0 saturated carbocycles. The maximum Gasteiger partial charge on any atom is 0.326 e. The number of carboxylic acid groups (broad SMARTS) is 1. The smallest absolute Gasteiger partial charge is 0.326 e. The molecule has 0 bridgehead atoms. The highest BCUT2D eigenvalue weighted by Gasteiger charge is 2.40. The van der Waals surface area contributed by atoms with E-state index in [9.17, 15) is 24.6 Å². The van der Waals surface area contributed by atoms with E-state index < -0.39 is 42.0 Å². The van der Waals surface area contributed by atoms with Crippen molar-refractivity contribution in [2.75, 3.05) is 13.1 Å². The van der Waals surface area contributed by atoms with E-state index in [0.29, 0.717) is 19.4 Å². The number of aliphatic hydroxyl groups excluding tert-OH is 1. The molecule has 1 fully saturated rings. The lowest BCUT2D eigenvalue weighted by Crippen LogP contribution is -2.53. The standard InChI is InChI=1S/C14H26N4O5/c1-8(16)13(21)18-7-9(19)6-11(18)12(20)17-10(14(22)23)4-2-3-5-15/h8-11,19H,2-7,15-16H2,1H3,(H,17,20)(H,22,23)/t8-,9+,10-,11-/m0/s1. The predicted molar refractivity (Wildman–Crippen MR) is 82.2 cm³/mol. The maximum absolute atomic E-state index is 12.3. The van der Waals surface area contributed by atoms with Crippen molar-refractivity contribution in [3.63, 3.8) is 0 Å². The normalized spacial score (nSPS) is 23.4. The van der Waals surface area contributed by atoms with Crippen LogP contribution in [-0.2, 0) is 14.4 Å². The van der Waals surface area contributed by atoms with Gasteiger partial charge in [-0.2, -0.15) is 0 Å². The van der Waals surface area contributed by atoms with Gasteiger partial charge >= 0.3 is 5.97 Å². The van der Waals surface area contributed by atoms with Gasteiger partial charge < -0.3 is 31.9 Å². The van der Waals surface area contributed by atoms with Gasteiger partial charge in [0.1, 0.15) is 12.1 Å². The molecule has 1 rings (SSSR count). The van der Waals surface area contributed by atoms with Crippen molar-refractivity contribution in [2.45, 2.75) is 56.8 Å². The van der Waals surface area contributed by atoms with Gasteiger partial charge in [-0.1, -0.05) is 0 Å². The van der Waals surface area contributed by atoms with Crippen LogP contribution in [0.4, 0.5) is 0 Å². The van der Waals surface area contributed by atoms with Gasteiger partial charge in [0.25, 0.3) is 0 Å². The Hall–Kier alpha value is -1.71. The summed E-state index contributed by atoms with van der Waals surface area (Å²) in [5, 5.41) is 21.3. The molecule has 0 unspecified atom stereocenters. The Morgan fingerprint density at radius 1 is 1.35 bits per heavy atom. The molecule has 0 radical (unpaired) electrons. The summed E-state index contributed by atoms with van der Waals surface area (Å²) in [5.41, 5.74) is 10.9. The van der Waals surface area contributed by atoms with E-state index in [-0.39, 0.29) is 19.4 Å². The molecular formula is C14H26N4O5. The van der Waals surface area contributed by atoms with Gasteiger partial charge in [0.2, 0.25) is 11.8 Å². The number of carboxylic acids is 1. The fourth-order valence-electron chi connectivity index (χ4n) is 2.59. The minimum Gasteiger partial charge on any atom is -0.480 e. The molecule has 1 saturated heterocycles. The first-order valence-corrected chi connectivity index (χ1v) is 7.75. The van der Waals surface area contributed by atoms with E-state index in [4.69, 9.17) is 11.5 Å². The summed E-state index contributed by atoms with van der Waals surface area (Å²) in [7, 11) is 0. The molecule has 4 atom stereocenters. The third-order valence-electron chi connectivity index (χ3n) is 3.82. The predicted octanol–water partition coefficient (Wildman–Crippen LogP) is -2.01. The van der Waals surface area contributed by atoms with Crippen molar-refractivity contribution in [3.05, 3.63) is 0 Å². The number of carbonyl (C=O) groups excluding carboxylic acids is 2. The number of aliphatic carboxylic acids is 1. The molecule has 0 aromatic heterocycles. The van der Waals surface area contributed by atoms with Gasteiger partial charge in [0.15, 0.2) is 0 Å². The summed E-state index contributed by atoms with van der Waals surface area (Å²) in [6.07, 6.45) is 0.739. The molecule has 0 spiro atoms. The highest BCUT2D eigenvalue weighted by molar-refractivity contribution is 5.92. The molecule has 23 heavy (non-hydrogen) atoms. The quantitative estimate of drug-likeness (QED) is 0.322. The van der Waals surface area contributed by atoms with Gasteiger partial charge in [-0.15, -0.1) is 0 Å². The van der Waals surface area contributed by atoms with Crippen LogP contribution in [0.5, 0.6) is 0 Å². The second kappa shape index (κ2) is 8.80. The number of carbonyl (C=O) groups is 3. The number of nitrogens with one attached hydrogen (secondary N) is 1. The number of hydrogen-bond donors (Lipinski definition) is 5. The minimum absolute atomic E-state index is 0.0172. The van der Waals surface area contributed by atoms with Crippen LogP contribution in [0.1, 0.15) is 32.6 Å². The monoisotopic (exact) mass is 330 g/mol. The molecule has 1 aliphatic heterocycles. The van der Waals surface area contributed by atoms with Crippen molar-refractivity contribution in [3.8, 4) is 0 Å². The lowest BCUT2D eigenvalue weighted by Gasteiger charge is -2.26. The van der Waals surface area contributed by atoms with E-state index in [1.807, 2.05) is 0 Å². The number of rotatable bonds is 8. The van der Waals surface area contributed by atoms with Crippen LogP contribution in [-0.4, -0.2) is 70.2 Å². The average Bonchev–Trinajstić information content (AvgIpc) is 2.87. The second-order valence-corrected chi connectivity index (χ2v) is 5.87. The summed E-state index contributed by atoms with van der Waals surface area (Å²) >= 11 is 0. The number of amides is 2. The lowest BCUT2D eigenvalue weighted by atomic mass is 10.1. The van der Waals surface area contributed by atoms with Crippen molar-refractivity contribution >= 4 is 17.8 Å². The van der Waals surface area contributed by atoms with Crippen molar-refractivity contribution in [2.24, 2.45) is 11.5 Å². The number of aliphatic hydroxyl groups is 1. The Morgan fingerprint density at radius 2 is 2.00 bits per heavy atom. The van der Waals surface area contributed by atoms with Crippen LogP contribution in [0.2, 0.25) is 0 Å². The van der Waals surface area contributed by atoms with E-state index >= 15 is 0 Å². The molecule has 1 heterocycles. The molecule has 0 aliphatic carbocycles. The van der Waals surface area contributed by atoms with Crippen LogP contribution in [0.25, 0.3) is 0 Å². The van der Waals surface area contributed by atoms with E-state index in [2.05, 4.69) is 5.32 Å². The first-order valence-electron chi connectivity index (χ1n) is 7.75. The average molecular weight is 330 g/mol. The summed E-state index contributed by atoms with van der Waals surface area (Å²) in [4.78, 5) is 36.8. The van der Waals surface area contributed by atoms with E-state index in [1.165, 1.54) is 11.8 Å². The Kier molecular flexibility index (Phi) is 7.40. The highest BCUT2D eigenvalue weighted by atomic mass is 16.4. The van der Waals surface area contributed by atoms with Crippen molar-refractivity contribution < 1.29 is 24.6 Å². The van der Waals surface area contributed by atoms with Crippen LogP contribution in [0.3, 0.4) is 0 Å². The van der Waals surface area contributed by atoms with Gasteiger partial charge in [0, 0.05) is 13.0 Å². The molecule has 132 valence electrons. The van der Waals surface area contributed by atoms with E-state index in [0.717, 1.165) is 0 Å². The maximum atomic E-state index is 12.3. The number of nitrogens with two attached hydrogens (primary N) is 2. The molecule has 9 nitrogen and oxygen atoms in total. The van der Waals surface area contributed by atoms with Crippen LogP contribution < -0.4 is 16.8 Å². The van der Waals surface area contributed by atoms with Gasteiger partial charge in [0.05, 0.1) is 12.1 Å². The molecular weight excluding hydrogens is 304 g/mol. The zero-order valence-corrected chi connectivity index (χ0v) is 13.3.